The van der Waals surface area contributed by atoms with Gasteiger partial charge in [0, 0.05) is 22.4 Å². The zero-order valence-electron chi connectivity index (χ0n) is 8.54. The van der Waals surface area contributed by atoms with Crippen molar-refractivity contribution in [3.63, 3.8) is 0 Å². The molecule has 0 atom stereocenters. The number of rotatable bonds is 3. The van der Waals surface area contributed by atoms with E-state index >= 15 is 0 Å². The topological polar surface area (TPSA) is 49.3 Å². The van der Waals surface area contributed by atoms with Gasteiger partial charge in [-0.2, -0.15) is 0 Å². The zero-order chi connectivity index (χ0) is 11.4. The first-order valence-corrected chi connectivity index (χ1v) is 5.23. The molecule has 0 spiro atoms. The first-order valence-electron chi connectivity index (χ1n) is 4.43. The maximum atomic E-state index is 10.2. The van der Waals surface area contributed by atoms with Crippen LogP contribution in [0.3, 0.4) is 0 Å². The summed E-state index contributed by atoms with van der Waals surface area (Å²) in [5.74, 6) is -0.965. The van der Waals surface area contributed by atoms with Crippen molar-refractivity contribution >= 4 is 27.6 Å². The maximum Gasteiger partial charge on any atom is 0.329 e. The average Bonchev–Trinajstić information content (AvgIpc) is 2.13. The van der Waals surface area contributed by atoms with E-state index < -0.39 is 5.97 Å². The molecule has 0 saturated heterocycles. The number of carboxylic acids is 1. The fourth-order valence-electron chi connectivity index (χ4n) is 1.24. The third kappa shape index (κ3) is 3.40. The summed E-state index contributed by atoms with van der Waals surface area (Å²) >= 11 is 3.46. The van der Waals surface area contributed by atoms with Gasteiger partial charge in [-0.15, -0.1) is 0 Å². The van der Waals surface area contributed by atoms with Crippen LogP contribution in [-0.2, 0) is 4.79 Å². The van der Waals surface area contributed by atoms with Gasteiger partial charge in [0.2, 0.25) is 0 Å². The van der Waals surface area contributed by atoms with Crippen LogP contribution in [-0.4, -0.2) is 11.1 Å². The molecule has 0 radical (unpaired) electrons. The second kappa shape index (κ2) is 4.98. The van der Waals surface area contributed by atoms with Crippen LogP contribution in [0.4, 0.5) is 5.69 Å². The van der Waals surface area contributed by atoms with Crippen molar-refractivity contribution in [2.45, 2.75) is 13.8 Å². The minimum Gasteiger partial charge on any atom is -0.478 e. The molecule has 1 rings (SSSR count). The molecule has 1 aromatic carbocycles. The van der Waals surface area contributed by atoms with Gasteiger partial charge in [-0.25, -0.2) is 4.79 Å². The van der Waals surface area contributed by atoms with Crippen LogP contribution >= 0.6 is 15.9 Å². The fourth-order valence-corrected chi connectivity index (χ4v) is 1.47. The number of aryl methyl sites for hydroxylation is 2. The van der Waals surface area contributed by atoms with Crippen molar-refractivity contribution in [2.75, 3.05) is 5.32 Å². The highest BCUT2D eigenvalue weighted by Gasteiger charge is 2.00. The molecule has 2 N–H and O–H groups in total. The molecule has 0 aliphatic heterocycles. The molecule has 0 bridgehead atoms. The van der Waals surface area contributed by atoms with Gasteiger partial charge in [0.05, 0.1) is 0 Å². The monoisotopic (exact) mass is 269 g/mol. The maximum absolute atomic E-state index is 10.2. The smallest absolute Gasteiger partial charge is 0.329 e. The molecular formula is C11H12BrNO2. The zero-order valence-corrected chi connectivity index (χ0v) is 10.1. The van der Waals surface area contributed by atoms with E-state index in [9.17, 15) is 4.79 Å². The number of carbonyl (C=O) groups is 1. The molecule has 3 nitrogen and oxygen atoms in total. The van der Waals surface area contributed by atoms with Crippen molar-refractivity contribution in [3.8, 4) is 0 Å². The number of anilines is 1. The van der Waals surface area contributed by atoms with E-state index in [-0.39, 0.29) is 0 Å². The molecule has 1 aromatic rings. The number of aliphatic carboxylic acids is 1. The van der Waals surface area contributed by atoms with Crippen LogP contribution in [0.15, 0.2) is 28.9 Å². The number of carboxylic acid groups (broad SMARTS) is 1. The summed E-state index contributed by atoms with van der Waals surface area (Å²) in [6.07, 6.45) is 2.47. The van der Waals surface area contributed by atoms with Gasteiger partial charge in [0.1, 0.15) is 0 Å². The normalized spacial score (nSPS) is 10.6. The van der Waals surface area contributed by atoms with Crippen LogP contribution in [0, 0.1) is 13.8 Å². The van der Waals surface area contributed by atoms with Crippen molar-refractivity contribution in [2.24, 2.45) is 0 Å². The summed E-state index contributed by atoms with van der Waals surface area (Å²) in [4.78, 5) is 10.2. The summed E-state index contributed by atoms with van der Waals surface area (Å²) in [6.45, 7) is 3.98. The quantitative estimate of drug-likeness (QED) is 0.830. The second-order valence-corrected chi connectivity index (χ2v) is 4.03. The standard InChI is InChI=1S/C11H12BrNO2/c1-7-5-9(6-8(2)11(7)12)13-4-3-10(14)15/h3-6,13H,1-2H3,(H,14,15)/b4-3+. The van der Waals surface area contributed by atoms with Gasteiger partial charge in [-0.3, -0.25) is 0 Å². The molecule has 0 unspecified atom stereocenters. The van der Waals surface area contributed by atoms with Crippen LogP contribution in [0.25, 0.3) is 0 Å². The lowest BCUT2D eigenvalue weighted by Crippen LogP contribution is -1.94. The molecule has 0 aliphatic rings. The van der Waals surface area contributed by atoms with Crippen molar-refractivity contribution in [3.05, 3.63) is 40.0 Å². The molecule has 0 aromatic heterocycles. The summed E-state index contributed by atoms with van der Waals surface area (Å²) in [5.41, 5.74) is 3.10. The van der Waals surface area contributed by atoms with E-state index in [0.717, 1.165) is 27.4 Å². The fraction of sp³-hybridized carbons (Fsp3) is 0.182. The van der Waals surface area contributed by atoms with E-state index in [1.165, 1.54) is 6.20 Å². The van der Waals surface area contributed by atoms with E-state index in [1.54, 1.807) is 0 Å². The Hall–Kier alpha value is -1.29. The lowest BCUT2D eigenvalue weighted by Gasteiger charge is -2.07. The van der Waals surface area contributed by atoms with E-state index in [0.29, 0.717) is 0 Å². The van der Waals surface area contributed by atoms with Crippen LogP contribution in [0.5, 0.6) is 0 Å². The minimum atomic E-state index is -0.965. The summed E-state index contributed by atoms with van der Waals surface area (Å²) < 4.78 is 1.08. The van der Waals surface area contributed by atoms with Crippen LogP contribution in [0.1, 0.15) is 11.1 Å². The predicted molar refractivity (Wildman–Crippen MR) is 64.0 cm³/mol. The van der Waals surface area contributed by atoms with Gasteiger partial charge in [0.25, 0.3) is 0 Å². The Morgan fingerprint density at radius 2 is 1.93 bits per heavy atom. The molecule has 0 heterocycles. The third-order valence-corrected chi connectivity index (χ3v) is 3.16. The lowest BCUT2D eigenvalue weighted by molar-refractivity contribution is -0.131. The average molecular weight is 270 g/mol. The number of hydrogen-bond donors (Lipinski definition) is 2. The van der Waals surface area contributed by atoms with E-state index in [2.05, 4.69) is 21.2 Å². The number of benzene rings is 1. The lowest BCUT2D eigenvalue weighted by atomic mass is 10.1. The Balaban J connectivity index is 2.83. The molecule has 0 amide bonds. The largest absolute Gasteiger partial charge is 0.478 e. The number of hydrogen-bond acceptors (Lipinski definition) is 2. The molecule has 0 aliphatic carbocycles. The highest BCUT2D eigenvalue weighted by molar-refractivity contribution is 9.10. The summed E-state index contributed by atoms with van der Waals surface area (Å²) in [7, 11) is 0. The number of halogens is 1. The highest BCUT2D eigenvalue weighted by atomic mass is 79.9. The van der Waals surface area contributed by atoms with Gasteiger partial charge in [-0.1, -0.05) is 15.9 Å². The molecule has 4 heteroatoms. The molecular weight excluding hydrogens is 258 g/mol. The molecule has 0 saturated carbocycles. The first kappa shape index (κ1) is 11.8. The first-order chi connectivity index (χ1) is 7.00. The van der Waals surface area contributed by atoms with Gasteiger partial charge < -0.3 is 10.4 Å². The summed E-state index contributed by atoms with van der Waals surface area (Å²) in [6, 6.07) is 3.90. The Morgan fingerprint density at radius 1 is 1.40 bits per heavy atom. The van der Waals surface area contributed by atoms with Gasteiger partial charge >= 0.3 is 5.97 Å². The van der Waals surface area contributed by atoms with E-state index in [4.69, 9.17) is 5.11 Å². The Morgan fingerprint density at radius 3 is 2.40 bits per heavy atom. The van der Waals surface area contributed by atoms with E-state index in [1.807, 2.05) is 26.0 Å². The van der Waals surface area contributed by atoms with Crippen molar-refractivity contribution in [1.29, 1.82) is 0 Å². The predicted octanol–water partition coefficient (Wildman–Crippen LogP) is 3.08. The van der Waals surface area contributed by atoms with Crippen molar-refractivity contribution in [1.82, 2.24) is 0 Å². The number of nitrogens with one attached hydrogen (secondary N) is 1. The van der Waals surface area contributed by atoms with Gasteiger partial charge in [-0.05, 0) is 37.1 Å². The molecule has 80 valence electrons. The SMILES string of the molecule is Cc1cc(N/C=C/C(=O)O)cc(C)c1Br. The highest BCUT2D eigenvalue weighted by Crippen LogP contribution is 2.24. The Labute approximate surface area is 96.9 Å². The molecule has 0 fully saturated rings. The summed E-state index contributed by atoms with van der Waals surface area (Å²) in [5, 5.41) is 11.3. The third-order valence-electron chi connectivity index (χ3n) is 1.91. The second-order valence-electron chi connectivity index (χ2n) is 3.24. The molecule has 15 heavy (non-hydrogen) atoms. The van der Waals surface area contributed by atoms with Gasteiger partial charge in [0.15, 0.2) is 0 Å². The van der Waals surface area contributed by atoms with Crippen LogP contribution < -0.4 is 5.32 Å². The minimum absolute atomic E-state index is 0.880. The van der Waals surface area contributed by atoms with Crippen molar-refractivity contribution < 1.29 is 9.90 Å². The van der Waals surface area contributed by atoms with Crippen LogP contribution in [0.2, 0.25) is 0 Å². The Bertz CT molecular complexity index is 390. The Kier molecular flexibility index (Phi) is 3.91.